The molecule has 0 aliphatic heterocycles. The maximum Gasteiger partial charge on any atom is 0.159 e. The maximum absolute atomic E-state index is 6.13. The van der Waals surface area contributed by atoms with Gasteiger partial charge in [-0.25, -0.2) is 9.97 Å². The van der Waals surface area contributed by atoms with E-state index in [4.69, 9.17) is 5.73 Å². The summed E-state index contributed by atoms with van der Waals surface area (Å²) in [6, 6.07) is 6.19. The average molecular weight is 285 g/mol. The Morgan fingerprint density at radius 2 is 1.86 bits per heavy atom. The van der Waals surface area contributed by atoms with E-state index < -0.39 is 0 Å². The third-order valence-corrected chi connectivity index (χ3v) is 3.48. The summed E-state index contributed by atoms with van der Waals surface area (Å²) < 4.78 is 0. The van der Waals surface area contributed by atoms with Gasteiger partial charge in [-0.1, -0.05) is 19.4 Å². The zero-order valence-corrected chi connectivity index (χ0v) is 12.9. The van der Waals surface area contributed by atoms with E-state index in [1.54, 1.807) is 0 Å². The van der Waals surface area contributed by atoms with Crippen molar-refractivity contribution in [3.05, 3.63) is 35.7 Å². The van der Waals surface area contributed by atoms with Gasteiger partial charge in [0.2, 0.25) is 0 Å². The first kappa shape index (κ1) is 15.1. The molecule has 4 N–H and O–H groups in total. The highest BCUT2D eigenvalue weighted by Gasteiger charge is 2.08. The first-order valence-electron chi connectivity index (χ1n) is 7.30. The van der Waals surface area contributed by atoms with Crippen molar-refractivity contribution >= 4 is 23.0 Å². The number of rotatable bonds is 6. The van der Waals surface area contributed by atoms with Crippen LogP contribution < -0.4 is 16.4 Å². The van der Waals surface area contributed by atoms with E-state index in [1.807, 2.05) is 6.07 Å². The summed E-state index contributed by atoms with van der Waals surface area (Å²) in [4.78, 5) is 8.42. The molecule has 0 radical (unpaired) electrons. The fourth-order valence-electron chi connectivity index (χ4n) is 1.98. The number of aromatic nitrogens is 2. The third kappa shape index (κ3) is 3.84. The summed E-state index contributed by atoms with van der Waals surface area (Å²) in [5, 5.41) is 6.50. The van der Waals surface area contributed by atoms with E-state index in [2.05, 4.69) is 53.5 Å². The highest BCUT2D eigenvalue weighted by Crippen LogP contribution is 2.26. The number of benzene rings is 1. The molecule has 112 valence electrons. The van der Waals surface area contributed by atoms with Gasteiger partial charge in [-0.05, 0) is 43.5 Å². The number of unbranched alkanes of at least 4 members (excludes halogenated alkanes) is 1. The van der Waals surface area contributed by atoms with Crippen LogP contribution in [0.1, 0.15) is 30.9 Å². The van der Waals surface area contributed by atoms with Crippen LogP contribution in [-0.2, 0) is 0 Å². The van der Waals surface area contributed by atoms with Crippen LogP contribution in [0.25, 0.3) is 0 Å². The molecule has 0 atom stereocenters. The van der Waals surface area contributed by atoms with E-state index in [-0.39, 0.29) is 0 Å². The molecule has 1 aromatic heterocycles. The minimum absolute atomic E-state index is 0.548. The molecule has 1 heterocycles. The smallest absolute Gasteiger partial charge is 0.159 e. The quantitative estimate of drug-likeness (QED) is 0.707. The highest BCUT2D eigenvalue weighted by molar-refractivity contribution is 5.77. The lowest BCUT2D eigenvalue weighted by molar-refractivity contribution is 0.831. The van der Waals surface area contributed by atoms with Crippen LogP contribution in [-0.4, -0.2) is 16.5 Å². The topological polar surface area (TPSA) is 75.9 Å². The minimum Gasteiger partial charge on any atom is -0.393 e. The summed E-state index contributed by atoms with van der Waals surface area (Å²) >= 11 is 0. The summed E-state index contributed by atoms with van der Waals surface area (Å²) in [6.45, 7) is 7.19. The van der Waals surface area contributed by atoms with Crippen LogP contribution in [0.5, 0.6) is 0 Å². The van der Waals surface area contributed by atoms with Crippen molar-refractivity contribution in [3.8, 4) is 0 Å². The van der Waals surface area contributed by atoms with Crippen molar-refractivity contribution in [1.29, 1.82) is 0 Å². The number of nitrogens with two attached hydrogens (primary N) is 1. The van der Waals surface area contributed by atoms with Gasteiger partial charge in [0, 0.05) is 12.2 Å². The Bertz CT molecular complexity index is 610. The molecule has 2 aromatic rings. The van der Waals surface area contributed by atoms with E-state index >= 15 is 0 Å². The Balaban J connectivity index is 2.16. The van der Waals surface area contributed by atoms with Gasteiger partial charge < -0.3 is 16.4 Å². The van der Waals surface area contributed by atoms with Gasteiger partial charge in [-0.2, -0.15) is 0 Å². The summed E-state index contributed by atoms with van der Waals surface area (Å²) in [6.07, 6.45) is 3.74. The normalized spacial score (nSPS) is 10.4. The average Bonchev–Trinajstić information content (AvgIpc) is 2.47. The Hall–Kier alpha value is -2.30. The molecule has 0 fully saturated rings. The van der Waals surface area contributed by atoms with Gasteiger partial charge in [0.1, 0.15) is 12.0 Å². The second kappa shape index (κ2) is 6.92. The number of hydrogen-bond donors (Lipinski definition) is 3. The zero-order valence-electron chi connectivity index (χ0n) is 12.9. The standard InChI is InChI=1S/C16H23N5/c1-4-5-8-18-15-14(17)16(20-10-19-15)21-13-7-6-11(2)12(3)9-13/h6-7,9-10H,4-5,8,17H2,1-3H3,(H2,18,19,20,21). The number of nitrogens with zero attached hydrogens (tertiary/aromatic N) is 2. The number of hydrogen-bond acceptors (Lipinski definition) is 5. The summed E-state index contributed by atoms with van der Waals surface area (Å²) in [7, 11) is 0. The lowest BCUT2D eigenvalue weighted by atomic mass is 10.1. The highest BCUT2D eigenvalue weighted by atomic mass is 15.1. The molecular formula is C16H23N5. The van der Waals surface area contributed by atoms with Crippen molar-refractivity contribution in [1.82, 2.24) is 9.97 Å². The molecular weight excluding hydrogens is 262 g/mol. The van der Waals surface area contributed by atoms with Gasteiger partial charge in [0.15, 0.2) is 11.6 Å². The molecule has 0 unspecified atom stereocenters. The molecule has 0 spiro atoms. The van der Waals surface area contributed by atoms with Crippen LogP contribution in [0.3, 0.4) is 0 Å². The fourth-order valence-corrected chi connectivity index (χ4v) is 1.98. The van der Waals surface area contributed by atoms with Crippen molar-refractivity contribution in [2.24, 2.45) is 0 Å². The van der Waals surface area contributed by atoms with Crippen molar-refractivity contribution in [2.75, 3.05) is 22.9 Å². The molecule has 1 aromatic carbocycles. The molecule has 0 saturated carbocycles. The first-order valence-corrected chi connectivity index (χ1v) is 7.30. The molecule has 0 bridgehead atoms. The van der Waals surface area contributed by atoms with Gasteiger partial charge in [-0.15, -0.1) is 0 Å². The predicted molar refractivity (Wildman–Crippen MR) is 89.0 cm³/mol. The van der Waals surface area contributed by atoms with Crippen LogP contribution in [0.15, 0.2) is 24.5 Å². The van der Waals surface area contributed by atoms with E-state index in [0.29, 0.717) is 17.3 Å². The second-order valence-electron chi connectivity index (χ2n) is 5.19. The molecule has 5 heteroatoms. The Morgan fingerprint density at radius 1 is 1.10 bits per heavy atom. The number of nitrogen functional groups attached to an aromatic ring is 1. The minimum atomic E-state index is 0.548. The Morgan fingerprint density at radius 3 is 2.57 bits per heavy atom. The lowest BCUT2D eigenvalue weighted by Gasteiger charge is -2.13. The van der Waals surface area contributed by atoms with Crippen LogP contribution >= 0.6 is 0 Å². The molecule has 5 nitrogen and oxygen atoms in total. The van der Waals surface area contributed by atoms with Gasteiger partial charge >= 0.3 is 0 Å². The van der Waals surface area contributed by atoms with Gasteiger partial charge in [-0.3, -0.25) is 0 Å². The maximum atomic E-state index is 6.13. The third-order valence-electron chi connectivity index (χ3n) is 3.48. The van der Waals surface area contributed by atoms with E-state index in [1.165, 1.54) is 17.5 Å². The molecule has 0 amide bonds. The van der Waals surface area contributed by atoms with Gasteiger partial charge in [0.05, 0.1) is 0 Å². The molecule has 0 aliphatic carbocycles. The van der Waals surface area contributed by atoms with Crippen molar-refractivity contribution < 1.29 is 0 Å². The fraction of sp³-hybridized carbons (Fsp3) is 0.375. The Kier molecular flexibility index (Phi) is 4.98. The molecule has 0 saturated heterocycles. The van der Waals surface area contributed by atoms with E-state index in [9.17, 15) is 0 Å². The summed E-state index contributed by atoms with van der Waals surface area (Å²) in [5.74, 6) is 1.32. The summed E-state index contributed by atoms with van der Waals surface area (Å²) in [5.41, 5.74) is 10.1. The van der Waals surface area contributed by atoms with Crippen molar-refractivity contribution in [2.45, 2.75) is 33.6 Å². The van der Waals surface area contributed by atoms with Crippen molar-refractivity contribution in [3.63, 3.8) is 0 Å². The number of aryl methyl sites for hydroxylation is 2. The van der Waals surface area contributed by atoms with Crippen LogP contribution in [0, 0.1) is 13.8 Å². The van der Waals surface area contributed by atoms with E-state index in [0.717, 1.165) is 25.1 Å². The number of nitrogens with one attached hydrogen (secondary N) is 2. The Labute approximate surface area is 126 Å². The lowest BCUT2D eigenvalue weighted by Crippen LogP contribution is -2.09. The molecule has 21 heavy (non-hydrogen) atoms. The SMILES string of the molecule is CCCCNc1ncnc(Nc2ccc(C)c(C)c2)c1N. The van der Waals surface area contributed by atoms with Crippen LogP contribution in [0.4, 0.5) is 23.0 Å². The predicted octanol–water partition coefficient (Wildman–Crippen LogP) is 3.63. The first-order chi connectivity index (χ1) is 10.1. The monoisotopic (exact) mass is 285 g/mol. The number of anilines is 4. The zero-order chi connectivity index (χ0) is 15.2. The largest absolute Gasteiger partial charge is 0.393 e. The van der Waals surface area contributed by atoms with Crippen LogP contribution in [0.2, 0.25) is 0 Å². The molecule has 0 aliphatic rings. The van der Waals surface area contributed by atoms with Gasteiger partial charge in [0.25, 0.3) is 0 Å². The molecule has 2 rings (SSSR count). The second-order valence-corrected chi connectivity index (χ2v) is 5.19.